The Bertz CT molecular complexity index is 1200. The highest BCUT2D eigenvalue weighted by atomic mass is 19.1. The van der Waals surface area contributed by atoms with Gasteiger partial charge in [0.25, 0.3) is 0 Å². The number of amides is 1. The molecule has 7 nitrogen and oxygen atoms in total. The molecule has 2 aromatic heterocycles. The fourth-order valence-electron chi connectivity index (χ4n) is 2.91. The zero-order chi connectivity index (χ0) is 20.9. The first-order valence-corrected chi connectivity index (χ1v) is 9.34. The zero-order valence-electron chi connectivity index (χ0n) is 16.2. The third-order valence-corrected chi connectivity index (χ3v) is 4.35. The number of rotatable bonds is 6. The highest BCUT2D eigenvalue weighted by molar-refractivity contribution is 5.99. The van der Waals surface area contributed by atoms with Crippen LogP contribution in [0.4, 0.5) is 21.7 Å². The van der Waals surface area contributed by atoms with Crippen molar-refractivity contribution >= 4 is 34.3 Å². The minimum absolute atomic E-state index is 0.166. The maximum absolute atomic E-state index is 13.1. The molecule has 2 N–H and O–H groups in total. The topological polar surface area (TPSA) is 84.7 Å². The minimum atomic E-state index is -0.303. The number of anilines is 3. The molecule has 0 unspecified atom stereocenters. The minimum Gasteiger partial charge on any atom is -0.324 e. The number of aromatic nitrogens is 4. The van der Waals surface area contributed by atoms with Gasteiger partial charge in [-0.1, -0.05) is 18.2 Å². The summed E-state index contributed by atoms with van der Waals surface area (Å²) in [6, 6.07) is 13.5. The third-order valence-electron chi connectivity index (χ3n) is 4.35. The van der Waals surface area contributed by atoms with E-state index in [0.29, 0.717) is 23.8 Å². The van der Waals surface area contributed by atoms with E-state index in [1.54, 1.807) is 42.2 Å². The molecule has 0 fully saturated rings. The van der Waals surface area contributed by atoms with Gasteiger partial charge in [-0.3, -0.25) is 4.79 Å². The molecule has 0 saturated heterocycles. The summed E-state index contributed by atoms with van der Waals surface area (Å²) in [5.74, 6) is -0.0680. The molecule has 0 bridgehead atoms. The van der Waals surface area contributed by atoms with Crippen molar-refractivity contribution in [2.45, 2.75) is 13.5 Å². The molecule has 150 valence electrons. The summed E-state index contributed by atoms with van der Waals surface area (Å²) < 4.78 is 14.9. The van der Waals surface area contributed by atoms with Gasteiger partial charge >= 0.3 is 0 Å². The van der Waals surface area contributed by atoms with Crippen molar-refractivity contribution < 1.29 is 9.18 Å². The molecule has 2 aromatic carbocycles. The first-order chi connectivity index (χ1) is 14.6. The van der Waals surface area contributed by atoms with Crippen LogP contribution < -0.4 is 10.6 Å². The smallest absolute Gasteiger partial charge is 0.248 e. The van der Waals surface area contributed by atoms with Crippen LogP contribution in [0.2, 0.25) is 0 Å². The molecule has 0 radical (unpaired) electrons. The quantitative estimate of drug-likeness (QED) is 0.471. The Kier molecular flexibility index (Phi) is 5.47. The molecule has 0 aliphatic heterocycles. The summed E-state index contributed by atoms with van der Waals surface area (Å²) in [6.07, 6.45) is 6.56. The van der Waals surface area contributed by atoms with E-state index < -0.39 is 0 Å². The number of benzene rings is 2. The van der Waals surface area contributed by atoms with Crippen LogP contribution in [0.3, 0.4) is 0 Å². The van der Waals surface area contributed by atoms with E-state index >= 15 is 0 Å². The molecule has 4 rings (SSSR count). The van der Waals surface area contributed by atoms with E-state index in [-0.39, 0.29) is 11.7 Å². The van der Waals surface area contributed by atoms with Crippen molar-refractivity contribution in [3.8, 4) is 0 Å². The van der Waals surface area contributed by atoms with E-state index in [0.717, 1.165) is 16.6 Å². The molecular formula is C22H19FN6O. The lowest BCUT2D eigenvalue weighted by atomic mass is 10.2. The average molecular weight is 402 g/mol. The monoisotopic (exact) mass is 402 g/mol. The van der Waals surface area contributed by atoms with Gasteiger partial charge in [0, 0.05) is 17.6 Å². The molecule has 8 heteroatoms. The van der Waals surface area contributed by atoms with Crippen molar-refractivity contribution in [3.05, 3.63) is 84.5 Å². The number of nitrogens with one attached hydrogen (secondary N) is 2. The number of halogens is 1. The number of hydrogen-bond acceptors (Lipinski definition) is 5. The molecule has 30 heavy (non-hydrogen) atoms. The van der Waals surface area contributed by atoms with Crippen LogP contribution >= 0.6 is 0 Å². The van der Waals surface area contributed by atoms with Crippen LogP contribution in [0.15, 0.2) is 73.1 Å². The fraction of sp³-hybridized carbons (Fsp3) is 0.0909. The normalized spacial score (nSPS) is 11.1. The summed E-state index contributed by atoms with van der Waals surface area (Å²) in [7, 11) is 0. The Morgan fingerprint density at radius 3 is 2.53 bits per heavy atom. The Labute approximate surface area is 172 Å². The van der Waals surface area contributed by atoms with Gasteiger partial charge in [-0.25, -0.2) is 14.1 Å². The van der Waals surface area contributed by atoms with Gasteiger partial charge in [0.1, 0.15) is 5.82 Å². The number of fused-ring (bicyclic) bond motifs is 1. The van der Waals surface area contributed by atoms with Crippen LogP contribution in [-0.2, 0) is 11.3 Å². The van der Waals surface area contributed by atoms with E-state index in [2.05, 4.69) is 25.7 Å². The van der Waals surface area contributed by atoms with Gasteiger partial charge in [-0.2, -0.15) is 10.1 Å². The summed E-state index contributed by atoms with van der Waals surface area (Å²) in [5.41, 5.74) is 3.11. The number of carbonyl (C=O) groups excluding carboxylic acids is 1. The van der Waals surface area contributed by atoms with Crippen molar-refractivity contribution in [2.24, 2.45) is 0 Å². The van der Waals surface area contributed by atoms with Crippen LogP contribution in [0.5, 0.6) is 0 Å². The van der Waals surface area contributed by atoms with Gasteiger partial charge in [0.15, 0.2) is 5.65 Å². The maximum atomic E-state index is 13.1. The van der Waals surface area contributed by atoms with Gasteiger partial charge in [0.05, 0.1) is 18.1 Å². The molecule has 0 saturated carbocycles. The second-order valence-corrected chi connectivity index (χ2v) is 6.59. The molecule has 0 spiro atoms. The Morgan fingerprint density at radius 2 is 1.80 bits per heavy atom. The second kappa shape index (κ2) is 8.52. The second-order valence-electron chi connectivity index (χ2n) is 6.59. The highest BCUT2D eigenvalue weighted by Crippen LogP contribution is 2.18. The number of nitrogens with zero attached hydrogens (tertiary/aromatic N) is 4. The van der Waals surface area contributed by atoms with Crippen LogP contribution in [0, 0.1) is 5.82 Å². The summed E-state index contributed by atoms with van der Waals surface area (Å²) in [5, 5.41) is 11.1. The number of allylic oxidation sites excluding steroid dienone is 1. The van der Waals surface area contributed by atoms with Crippen molar-refractivity contribution in [3.63, 3.8) is 0 Å². The summed E-state index contributed by atoms with van der Waals surface area (Å²) in [4.78, 5) is 20.5. The van der Waals surface area contributed by atoms with Gasteiger partial charge in [-0.05, 0) is 55.0 Å². The highest BCUT2D eigenvalue weighted by Gasteiger charge is 2.08. The number of hydrogen-bond donors (Lipinski definition) is 2. The number of carbonyl (C=O) groups is 1. The lowest BCUT2D eigenvalue weighted by Crippen LogP contribution is -2.08. The molecule has 2 heterocycles. The van der Waals surface area contributed by atoms with Gasteiger partial charge in [-0.15, -0.1) is 0 Å². The maximum Gasteiger partial charge on any atom is 0.248 e. The molecule has 4 aromatic rings. The Balaban J connectivity index is 1.51. The van der Waals surface area contributed by atoms with Crippen molar-refractivity contribution in [2.75, 3.05) is 10.6 Å². The standard InChI is InChI=1S/C22H19FN6O/c1-2-3-20(30)26-18-8-4-15(5-9-18)14-29-21-16(13-25-29)12-24-22(28-21)27-19-10-6-17(23)7-11-19/h2-13H,14H2,1H3,(H,26,30)(H,24,27,28)/b3-2+. The lowest BCUT2D eigenvalue weighted by molar-refractivity contribution is -0.111. The predicted octanol–water partition coefficient (Wildman–Crippen LogP) is 4.27. The van der Waals surface area contributed by atoms with E-state index in [9.17, 15) is 9.18 Å². The van der Waals surface area contributed by atoms with Crippen molar-refractivity contribution in [1.82, 2.24) is 19.7 Å². The zero-order valence-corrected chi connectivity index (χ0v) is 16.2. The molecule has 0 aliphatic rings. The first kappa shape index (κ1) is 19.3. The van der Waals surface area contributed by atoms with Gasteiger partial charge < -0.3 is 10.6 Å². The van der Waals surface area contributed by atoms with E-state index in [4.69, 9.17) is 0 Å². The SMILES string of the molecule is C/C=C/C(=O)Nc1ccc(Cn2ncc3cnc(Nc4ccc(F)cc4)nc32)cc1. The van der Waals surface area contributed by atoms with E-state index in [1.165, 1.54) is 18.2 Å². The average Bonchev–Trinajstić information content (AvgIpc) is 3.13. The van der Waals surface area contributed by atoms with Crippen molar-refractivity contribution in [1.29, 1.82) is 0 Å². The Morgan fingerprint density at radius 1 is 1.07 bits per heavy atom. The fourth-order valence-corrected chi connectivity index (χ4v) is 2.91. The molecule has 1 amide bonds. The lowest BCUT2D eigenvalue weighted by Gasteiger charge is -2.07. The van der Waals surface area contributed by atoms with E-state index in [1.807, 2.05) is 24.3 Å². The van der Waals surface area contributed by atoms with Crippen LogP contribution in [-0.4, -0.2) is 25.7 Å². The predicted molar refractivity (Wildman–Crippen MR) is 114 cm³/mol. The summed E-state index contributed by atoms with van der Waals surface area (Å²) in [6.45, 7) is 2.31. The van der Waals surface area contributed by atoms with Crippen LogP contribution in [0.1, 0.15) is 12.5 Å². The molecular weight excluding hydrogens is 383 g/mol. The first-order valence-electron chi connectivity index (χ1n) is 9.34. The van der Waals surface area contributed by atoms with Crippen LogP contribution in [0.25, 0.3) is 11.0 Å². The van der Waals surface area contributed by atoms with Gasteiger partial charge in [0.2, 0.25) is 11.9 Å². The molecule has 0 aliphatic carbocycles. The summed E-state index contributed by atoms with van der Waals surface area (Å²) >= 11 is 0. The Hall–Kier alpha value is -4.07. The third kappa shape index (κ3) is 4.49. The molecule has 0 atom stereocenters. The largest absolute Gasteiger partial charge is 0.324 e.